The SMILES string of the molecule is CCc1cccc(-n2cc3ccc(Br)cc3n2)n1. The predicted molar refractivity (Wildman–Crippen MR) is 75.9 cm³/mol. The van der Waals surface area contributed by atoms with Crippen LogP contribution in [0.4, 0.5) is 0 Å². The molecule has 0 N–H and O–H groups in total. The molecule has 0 atom stereocenters. The number of aryl methyl sites for hydroxylation is 1. The van der Waals surface area contributed by atoms with Gasteiger partial charge in [-0.25, -0.2) is 9.67 Å². The van der Waals surface area contributed by atoms with Crippen LogP contribution in [-0.2, 0) is 6.42 Å². The minimum Gasteiger partial charge on any atom is -0.234 e. The molecule has 1 aromatic carbocycles. The fraction of sp³-hybridized carbons (Fsp3) is 0.143. The number of nitrogens with zero attached hydrogens (tertiary/aromatic N) is 3. The fourth-order valence-corrected chi connectivity index (χ4v) is 2.25. The van der Waals surface area contributed by atoms with Crippen LogP contribution in [0.5, 0.6) is 0 Å². The van der Waals surface area contributed by atoms with E-state index in [2.05, 4.69) is 32.9 Å². The van der Waals surface area contributed by atoms with Gasteiger partial charge in [0.2, 0.25) is 0 Å². The van der Waals surface area contributed by atoms with Crippen LogP contribution in [0.3, 0.4) is 0 Å². The molecule has 90 valence electrons. The Hall–Kier alpha value is -1.68. The molecular weight excluding hydrogens is 290 g/mol. The quantitative estimate of drug-likeness (QED) is 0.722. The Kier molecular flexibility index (Phi) is 2.88. The average Bonchev–Trinajstić information content (AvgIpc) is 2.81. The van der Waals surface area contributed by atoms with Gasteiger partial charge >= 0.3 is 0 Å². The van der Waals surface area contributed by atoms with Gasteiger partial charge in [0.25, 0.3) is 0 Å². The summed E-state index contributed by atoms with van der Waals surface area (Å²) >= 11 is 3.46. The number of halogens is 1. The Morgan fingerprint density at radius 2 is 2.11 bits per heavy atom. The molecule has 2 aromatic heterocycles. The number of pyridine rings is 1. The van der Waals surface area contributed by atoms with Gasteiger partial charge in [0.15, 0.2) is 5.82 Å². The van der Waals surface area contributed by atoms with Gasteiger partial charge in [0.1, 0.15) is 0 Å². The monoisotopic (exact) mass is 301 g/mol. The molecule has 3 aromatic rings. The predicted octanol–water partition coefficient (Wildman–Crippen LogP) is 3.75. The van der Waals surface area contributed by atoms with Crippen LogP contribution < -0.4 is 0 Å². The summed E-state index contributed by atoms with van der Waals surface area (Å²) in [7, 11) is 0. The van der Waals surface area contributed by atoms with Crippen LogP contribution in [0, 0.1) is 0 Å². The highest BCUT2D eigenvalue weighted by Gasteiger charge is 2.04. The number of fused-ring (bicyclic) bond motifs is 1. The summed E-state index contributed by atoms with van der Waals surface area (Å²) in [4.78, 5) is 4.57. The Bertz CT molecular complexity index is 703. The maximum absolute atomic E-state index is 4.57. The Labute approximate surface area is 114 Å². The molecule has 0 radical (unpaired) electrons. The molecule has 0 unspecified atom stereocenters. The molecule has 4 heteroatoms. The first-order chi connectivity index (χ1) is 8.76. The van der Waals surface area contributed by atoms with Crippen LogP contribution in [0.1, 0.15) is 12.6 Å². The standard InChI is InChI=1S/C14H12BrN3/c1-2-12-4-3-5-14(16-12)18-9-10-6-7-11(15)8-13(10)17-18/h3-9H,2H2,1H3. The summed E-state index contributed by atoms with van der Waals surface area (Å²) in [6, 6.07) is 12.1. The minimum absolute atomic E-state index is 0.863. The summed E-state index contributed by atoms with van der Waals surface area (Å²) in [5, 5.41) is 5.66. The van der Waals surface area contributed by atoms with Crippen LogP contribution in [0.25, 0.3) is 16.7 Å². The van der Waals surface area contributed by atoms with Crippen LogP contribution in [0.2, 0.25) is 0 Å². The van der Waals surface area contributed by atoms with E-state index in [-0.39, 0.29) is 0 Å². The average molecular weight is 302 g/mol. The molecule has 0 aliphatic rings. The van der Waals surface area contributed by atoms with Gasteiger partial charge in [-0.3, -0.25) is 0 Å². The highest BCUT2D eigenvalue weighted by Crippen LogP contribution is 2.19. The van der Waals surface area contributed by atoms with E-state index in [4.69, 9.17) is 0 Å². The van der Waals surface area contributed by atoms with Gasteiger partial charge in [-0.1, -0.05) is 35.0 Å². The molecule has 3 rings (SSSR count). The molecule has 0 spiro atoms. The third-order valence-electron chi connectivity index (χ3n) is 2.86. The second-order valence-electron chi connectivity index (χ2n) is 4.12. The first-order valence-corrected chi connectivity index (χ1v) is 6.67. The van der Waals surface area contributed by atoms with Crippen LogP contribution in [0.15, 0.2) is 47.1 Å². The lowest BCUT2D eigenvalue weighted by Crippen LogP contribution is -1.99. The van der Waals surface area contributed by atoms with Crippen molar-refractivity contribution in [3.63, 3.8) is 0 Å². The lowest BCUT2D eigenvalue weighted by Gasteiger charge is -2.01. The van der Waals surface area contributed by atoms with Crippen molar-refractivity contribution >= 4 is 26.8 Å². The normalized spacial score (nSPS) is 11.0. The molecule has 0 fully saturated rings. The number of hydrogen-bond donors (Lipinski definition) is 0. The maximum Gasteiger partial charge on any atom is 0.153 e. The fourth-order valence-electron chi connectivity index (χ4n) is 1.90. The van der Waals surface area contributed by atoms with E-state index in [1.807, 2.05) is 47.3 Å². The largest absolute Gasteiger partial charge is 0.234 e. The third kappa shape index (κ3) is 2.04. The molecule has 0 bridgehead atoms. The van der Waals surface area contributed by atoms with Gasteiger partial charge in [0, 0.05) is 21.7 Å². The summed E-state index contributed by atoms with van der Waals surface area (Å²) in [5.74, 6) is 0.863. The first kappa shape index (κ1) is 11.4. The second kappa shape index (κ2) is 4.53. The number of hydrogen-bond acceptors (Lipinski definition) is 2. The lowest BCUT2D eigenvalue weighted by molar-refractivity contribution is 0.844. The topological polar surface area (TPSA) is 30.7 Å². The molecular formula is C14H12BrN3. The zero-order chi connectivity index (χ0) is 12.5. The van der Waals surface area contributed by atoms with Crippen molar-refractivity contribution in [1.82, 2.24) is 14.8 Å². The van der Waals surface area contributed by atoms with E-state index in [1.165, 1.54) is 0 Å². The van der Waals surface area contributed by atoms with E-state index >= 15 is 0 Å². The van der Waals surface area contributed by atoms with Crippen molar-refractivity contribution in [3.05, 3.63) is 52.8 Å². The van der Waals surface area contributed by atoms with E-state index < -0.39 is 0 Å². The summed E-state index contributed by atoms with van der Waals surface area (Å²) < 4.78 is 2.87. The van der Waals surface area contributed by atoms with Crippen LogP contribution in [-0.4, -0.2) is 14.8 Å². The maximum atomic E-state index is 4.57. The van der Waals surface area contributed by atoms with Gasteiger partial charge in [0.05, 0.1) is 5.52 Å². The first-order valence-electron chi connectivity index (χ1n) is 5.87. The van der Waals surface area contributed by atoms with Gasteiger partial charge in [-0.05, 0) is 30.7 Å². The van der Waals surface area contributed by atoms with E-state index in [9.17, 15) is 0 Å². The smallest absolute Gasteiger partial charge is 0.153 e. The molecule has 0 aliphatic carbocycles. The van der Waals surface area contributed by atoms with Crippen molar-refractivity contribution in [3.8, 4) is 5.82 Å². The zero-order valence-electron chi connectivity index (χ0n) is 9.97. The van der Waals surface area contributed by atoms with Crippen molar-refractivity contribution in [2.24, 2.45) is 0 Å². The third-order valence-corrected chi connectivity index (χ3v) is 3.35. The van der Waals surface area contributed by atoms with E-state index in [1.54, 1.807) is 0 Å². The second-order valence-corrected chi connectivity index (χ2v) is 5.03. The van der Waals surface area contributed by atoms with Gasteiger partial charge in [-0.15, -0.1) is 0 Å². The van der Waals surface area contributed by atoms with Gasteiger partial charge < -0.3 is 0 Å². The lowest BCUT2D eigenvalue weighted by atomic mass is 10.3. The van der Waals surface area contributed by atoms with Crippen LogP contribution >= 0.6 is 15.9 Å². The van der Waals surface area contributed by atoms with Crippen molar-refractivity contribution in [2.75, 3.05) is 0 Å². The molecule has 3 nitrogen and oxygen atoms in total. The summed E-state index contributed by atoms with van der Waals surface area (Å²) in [6.45, 7) is 2.10. The number of rotatable bonds is 2. The zero-order valence-corrected chi connectivity index (χ0v) is 11.6. The molecule has 2 heterocycles. The van der Waals surface area contributed by atoms with Crippen molar-refractivity contribution < 1.29 is 0 Å². The van der Waals surface area contributed by atoms with Crippen molar-refractivity contribution in [2.45, 2.75) is 13.3 Å². The number of aromatic nitrogens is 3. The molecule has 0 saturated carbocycles. The van der Waals surface area contributed by atoms with Gasteiger partial charge in [-0.2, -0.15) is 5.10 Å². The highest BCUT2D eigenvalue weighted by atomic mass is 79.9. The summed E-state index contributed by atoms with van der Waals surface area (Å²) in [6.07, 6.45) is 2.93. The molecule has 18 heavy (non-hydrogen) atoms. The molecule has 0 saturated heterocycles. The van der Waals surface area contributed by atoms with E-state index in [0.29, 0.717) is 0 Å². The van der Waals surface area contributed by atoms with E-state index in [0.717, 1.165) is 33.3 Å². The van der Waals surface area contributed by atoms with Crippen molar-refractivity contribution in [1.29, 1.82) is 0 Å². The molecule has 0 aliphatic heterocycles. The number of benzene rings is 1. The minimum atomic E-state index is 0.863. The Balaban J connectivity index is 2.13. The summed E-state index contributed by atoms with van der Waals surface area (Å²) in [5.41, 5.74) is 2.04. The highest BCUT2D eigenvalue weighted by molar-refractivity contribution is 9.10. The Morgan fingerprint density at radius 1 is 1.22 bits per heavy atom. The molecule has 0 amide bonds. The Morgan fingerprint density at radius 3 is 2.94 bits per heavy atom.